The van der Waals surface area contributed by atoms with E-state index in [0.717, 1.165) is 12.5 Å². The van der Waals surface area contributed by atoms with E-state index < -0.39 is 21.1 Å². The first-order valence-electron chi connectivity index (χ1n) is 8.69. The van der Waals surface area contributed by atoms with Gasteiger partial charge in [-0.2, -0.15) is 0 Å². The average molecular weight is 389 g/mol. The summed E-state index contributed by atoms with van der Waals surface area (Å²) in [6.45, 7) is 4.74. The molecule has 0 radical (unpaired) electrons. The Kier molecular flexibility index (Phi) is 5.32. The summed E-state index contributed by atoms with van der Waals surface area (Å²) < 4.78 is 46.8. The van der Waals surface area contributed by atoms with Gasteiger partial charge in [-0.15, -0.1) is 0 Å². The lowest BCUT2D eigenvalue weighted by Crippen LogP contribution is -2.19. The van der Waals surface area contributed by atoms with Gasteiger partial charge in [0.15, 0.2) is 0 Å². The van der Waals surface area contributed by atoms with Gasteiger partial charge in [-0.3, -0.25) is 4.79 Å². The molecular weight excluding hydrogens is 369 g/mol. The zero-order valence-electron chi connectivity index (χ0n) is 15.1. The number of fused-ring (bicyclic) bond motifs is 1. The average Bonchev–Trinajstić information content (AvgIpc) is 2.65. The number of nitrogens with zero attached hydrogens (tertiary/aromatic N) is 1. The van der Waals surface area contributed by atoms with Gasteiger partial charge >= 0.3 is 0 Å². The van der Waals surface area contributed by atoms with Crippen LogP contribution in [0.3, 0.4) is 0 Å². The van der Waals surface area contributed by atoms with E-state index in [-0.39, 0.29) is 15.2 Å². The van der Waals surface area contributed by atoms with E-state index in [1.807, 2.05) is 13.8 Å². The molecule has 1 aromatic heterocycles. The monoisotopic (exact) mass is 389 g/mol. The molecule has 0 aliphatic rings. The van der Waals surface area contributed by atoms with Gasteiger partial charge in [-0.1, -0.05) is 6.92 Å². The highest BCUT2D eigenvalue weighted by atomic mass is 32.2. The Bertz CT molecular complexity index is 1140. The van der Waals surface area contributed by atoms with Crippen molar-refractivity contribution in [1.82, 2.24) is 4.57 Å². The van der Waals surface area contributed by atoms with Crippen LogP contribution in [0.2, 0.25) is 0 Å². The molecule has 2 aromatic carbocycles. The van der Waals surface area contributed by atoms with E-state index >= 15 is 0 Å². The predicted molar refractivity (Wildman–Crippen MR) is 102 cm³/mol. The topological polar surface area (TPSA) is 65.4 Å². The van der Waals surface area contributed by atoms with Gasteiger partial charge in [0.25, 0.3) is 0 Å². The minimum Gasteiger partial charge on any atom is -0.494 e. The maximum absolute atomic E-state index is 13.7. The number of halogens is 1. The van der Waals surface area contributed by atoms with Crippen LogP contribution in [0.25, 0.3) is 10.9 Å². The van der Waals surface area contributed by atoms with Crippen molar-refractivity contribution in [3.8, 4) is 5.75 Å². The van der Waals surface area contributed by atoms with Crippen LogP contribution in [0.5, 0.6) is 5.75 Å². The maximum Gasteiger partial charge on any atom is 0.211 e. The van der Waals surface area contributed by atoms with Crippen molar-refractivity contribution in [2.45, 2.75) is 36.6 Å². The number of benzene rings is 2. The zero-order valence-corrected chi connectivity index (χ0v) is 15.9. The molecule has 0 amide bonds. The van der Waals surface area contributed by atoms with Gasteiger partial charge in [0.1, 0.15) is 16.5 Å². The van der Waals surface area contributed by atoms with Gasteiger partial charge in [-0.25, -0.2) is 12.8 Å². The summed E-state index contributed by atoms with van der Waals surface area (Å²) in [7, 11) is -4.06. The quantitative estimate of drug-likeness (QED) is 0.644. The fraction of sp³-hybridized carbons (Fsp3) is 0.250. The Morgan fingerprint density at radius 3 is 2.41 bits per heavy atom. The molecule has 0 atom stereocenters. The second-order valence-corrected chi connectivity index (χ2v) is 8.00. The van der Waals surface area contributed by atoms with Crippen molar-refractivity contribution < 1.29 is 17.5 Å². The summed E-state index contributed by atoms with van der Waals surface area (Å²) in [5.41, 5.74) is -0.195. The zero-order chi connectivity index (χ0) is 19.6. The molecule has 0 aliphatic heterocycles. The number of hydrogen-bond acceptors (Lipinski definition) is 4. The van der Waals surface area contributed by atoms with Crippen LogP contribution in [0.1, 0.15) is 20.3 Å². The summed E-state index contributed by atoms with van der Waals surface area (Å²) in [5.74, 6) is -0.0429. The number of ether oxygens (including phenoxy) is 1. The third-order valence-electron chi connectivity index (χ3n) is 4.21. The molecule has 0 saturated heterocycles. The summed E-state index contributed by atoms with van der Waals surface area (Å²) in [5, 5.41) is 0.0514. The second-order valence-electron chi connectivity index (χ2n) is 6.09. The molecule has 7 heteroatoms. The normalized spacial score (nSPS) is 11.7. The molecule has 0 spiro atoms. The van der Waals surface area contributed by atoms with Crippen LogP contribution in [0, 0.1) is 5.82 Å². The third-order valence-corrected chi connectivity index (χ3v) is 5.97. The standard InChI is InChI=1S/C20H20FNO4S/c1-3-11-22-13-19(20(23)17-12-14(21)5-10-18(17)22)27(24,25)16-8-6-15(7-9-16)26-4-2/h5-10,12-13H,3-4,11H2,1-2H3. The van der Waals surface area contributed by atoms with Gasteiger partial charge in [0, 0.05) is 18.1 Å². The van der Waals surface area contributed by atoms with Crippen molar-refractivity contribution in [1.29, 1.82) is 0 Å². The molecule has 5 nitrogen and oxygen atoms in total. The number of rotatable bonds is 6. The van der Waals surface area contributed by atoms with Crippen molar-refractivity contribution in [2.24, 2.45) is 0 Å². The largest absolute Gasteiger partial charge is 0.494 e. The van der Waals surface area contributed by atoms with Crippen molar-refractivity contribution >= 4 is 20.7 Å². The van der Waals surface area contributed by atoms with Crippen LogP contribution < -0.4 is 10.2 Å². The van der Waals surface area contributed by atoms with Crippen LogP contribution in [-0.4, -0.2) is 19.6 Å². The lowest BCUT2D eigenvalue weighted by atomic mass is 10.2. The molecule has 0 bridgehead atoms. The molecular formula is C20H20FNO4S. The van der Waals surface area contributed by atoms with E-state index in [1.165, 1.54) is 30.5 Å². The van der Waals surface area contributed by atoms with Gasteiger partial charge in [-0.05, 0) is 55.8 Å². The molecule has 142 valence electrons. The van der Waals surface area contributed by atoms with Gasteiger partial charge in [0.05, 0.1) is 17.0 Å². The van der Waals surface area contributed by atoms with Crippen LogP contribution >= 0.6 is 0 Å². The van der Waals surface area contributed by atoms with Crippen LogP contribution in [0.4, 0.5) is 4.39 Å². The second kappa shape index (κ2) is 7.52. The Hall–Kier alpha value is -2.67. The lowest BCUT2D eigenvalue weighted by molar-refractivity contribution is 0.340. The van der Waals surface area contributed by atoms with E-state index in [2.05, 4.69) is 0 Å². The van der Waals surface area contributed by atoms with Crippen molar-refractivity contribution in [2.75, 3.05) is 6.61 Å². The molecule has 0 aliphatic carbocycles. The first kappa shape index (κ1) is 19.1. The summed E-state index contributed by atoms with van der Waals surface area (Å²) in [6, 6.07) is 9.73. The first-order valence-corrected chi connectivity index (χ1v) is 10.2. The number of hydrogen-bond donors (Lipinski definition) is 0. The van der Waals surface area contributed by atoms with Crippen molar-refractivity contribution in [3.63, 3.8) is 0 Å². The Morgan fingerprint density at radius 1 is 1.07 bits per heavy atom. The van der Waals surface area contributed by atoms with Gasteiger partial charge in [0.2, 0.25) is 15.3 Å². The highest BCUT2D eigenvalue weighted by Gasteiger charge is 2.24. The maximum atomic E-state index is 13.7. The Balaban J connectivity index is 2.22. The molecule has 0 N–H and O–H groups in total. The minimum atomic E-state index is -4.06. The predicted octanol–water partition coefficient (Wildman–Crippen LogP) is 3.78. The highest BCUT2D eigenvalue weighted by Crippen LogP contribution is 2.24. The van der Waals surface area contributed by atoms with Crippen LogP contribution in [0.15, 0.2) is 63.2 Å². The molecule has 0 unspecified atom stereocenters. The minimum absolute atomic E-state index is 0.0122. The summed E-state index contributed by atoms with van der Waals surface area (Å²) in [6.07, 6.45) is 2.08. The Labute approximate surface area is 156 Å². The first-order chi connectivity index (χ1) is 12.9. The molecule has 0 fully saturated rings. The smallest absolute Gasteiger partial charge is 0.211 e. The Morgan fingerprint density at radius 2 is 1.78 bits per heavy atom. The summed E-state index contributed by atoms with van der Waals surface area (Å²) >= 11 is 0. The van der Waals surface area contributed by atoms with E-state index in [4.69, 9.17) is 4.74 Å². The molecule has 3 rings (SSSR count). The van der Waals surface area contributed by atoms with E-state index in [0.29, 0.717) is 24.4 Å². The SMILES string of the molecule is CCCn1cc(S(=O)(=O)c2ccc(OCC)cc2)c(=O)c2cc(F)ccc21. The molecule has 27 heavy (non-hydrogen) atoms. The molecule has 1 heterocycles. The van der Waals surface area contributed by atoms with Crippen LogP contribution in [-0.2, 0) is 16.4 Å². The molecule has 3 aromatic rings. The lowest BCUT2D eigenvalue weighted by Gasteiger charge is -2.13. The van der Waals surface area contributed by atoms with E-state index in [9.17, 15) is 17.6 Å². The molecule has 0 saturated carbocycles. The number of aryl methyl sites for hydroxylation is 1. The summed E-state index contributed by atoms with van der Waals surface area (Å²) in [4.78, 5) is 12.5. The third kappa shape index (κ3) is 3.60. The fourth-order valence-electron chi connectivity index (χ4n) is 2.97. The van der Waals surface area contributed by atoms with Gasteiger partial charge < -0.3 is 9.30 Å². The van der Waals surface area contributed by atoms with E-state index in [1.54, 1.807) is 16.7 Å². The highest BCUT2D eigenvalue weighted by molar-refractivity contribution is 7.91. The number of aromatic nitrogens is 1. The number of sulfone groups is 1. The fourth-order valence-corrected chi connectivity index (χ4v) is 4.34. The number of pyridine rings is 1. The van der Waals surface area contributed by atoms with Crippen molar-refractivity contribution in [3.05, 3.63) is 64.7 Å².